The first-order chi connectivity index (χ1) is 7.94. The number of hydrogen-bond acceptors (Lipinski definition) is 4. The molecule has 0 bridgehead atoms. The second kappa shape index (κ2) is 6.23. The Morgan fingerprint density at radius 3 is 2.82 bits per heavy atom. The monoisotopic (exact) mass is 322 g/mol. The van der Waals surface area contributed by atoms with Gasteiger partial charge < -0.3 is 10.5 Å². The smallest absolute Gasteiger partial charge is 0.235 e. The van der Waals surface area contributed by atoms with Gasteiger partial charge in [-0.05, 0) is 41.1 Å². The first kappa shape index (κ1) is 14.3. The summed E-state index contributed by atoms with van der Waals surface area (Å²) in [5, 5.41) is 0. The molecule has 5 nitrogen and oxygen atoms in total. The van der Waals surface area contributed by atoms with E-state index in [2.05, 4.69) is 20.7 Å². The third-order valence-corrected chi connectivity index (χ3v) is 3.88. The van der Waals surface area contributed by atoms with Crippen LogP contribution in [0.25, 0.3) is 0 Å². The van der Waals surface area contributed by atoms with Crippen LogP contribution in [0.3, 0.4) is 0 Å². The Kier molecular flexibility index (Phi) is 5.23. The van der Waals surface area contributed by atoms with Gasteiger partial charge in [0.15, 0.2) is 0 Å². The third kappa shape index (κ3) is 4.93. The number of nitrogen functional groups attached to an aromatic ring is 1. The van der Waals surface area contributed by atoms with Gasteiger partial charge >= 0.3 is 0 Å². The lowest BCUT2D eigenvalue weighted by molar-refractivity contribution is 0.163. The predicted molar refractivity (Wildman–Crippen MR) is 72.5 cm³/mol. The summed E-state index contributed by atoms with van der Waals surface area (Å²) < 4.78 is 31.5. The maximum Gasteiger partial charge on any atom is 0.235 e. The Labute approximate surface area is 110 Å². The van der Waals surface area contributed by atoms with Gasteiger partial charge in [0.1, 0.15) is 0 Å². The molecule has 0 fully saturated rings. The van der Waals surface area contributed by atoms with Crippen molar-refractivity contribution >= 4 is 37.3 Å². The molecule has 0 amide bonds. The van der Waals surface area contributed by atoms with Gasteiger partial charge in [0.05, 0.1) is 18.0 Å². The van der Waals surface area contributed by atoms with Crippen LogP contribution in [0.15, 0.2) is 22.7 Å². The minimum Gasteiger partial charge on any atom is -0.399 e. The molecule has 0 radical (unpaired) electrons. The fourth-order valence-corrected chi connectivity index (χ4v) is 2.57. The molecule has 0 aromatic heterocycles. The standard InChI is InChI=1S/C10H15BrN2O3S/c1-2-16-5-6-17(14,15)13-10-7-8(12)3-4-9(10)11/h3-4,7,13H,2,5-6,12H2,1H3. The van der Waals surface area contributed by atoms with Crippen molar-refractivity contribution < 1.29 is 13.2 Å². The number of nitrogens with two attached hydrogens (primary N) is 1. The zero-order chi connectivity index (χ0) is 12.9. The maximum absolute atomic E-state index is 11.7. The van der Waals surface area contributed by atoms with E-state index in [9.17, 15) is 8.42 Å². The van der Waals surface area contributed by atoms with Crippen LogP contribution in [-0.2, 0) is 14.8 Å². The van der Waals surface area contributed by atoms with E-state index in [4.69, 9.17) is 10.5 Å². The molecule has 0 atom stereocenters. The largest absolute Gasteiger partial charge is 0.399 e. The summed E-state index contributed by atoms with van der Waals surface area (Å²) in [6.07, 6.45) is 0. The summed E-state index contributed by atoms with van der Waals surface area (Å²) in [4.78, 5) is 0. The van der Waals surface area contributed by atoms with E-state index in [0.29, 0.717) is 22.5 Å². The van der Waals surface area contributed by atoms with Crippen LogP contribution < -0.4 is 10.5 Å². The average Bonchev–Trinajstić information content (AvgIpc) is 2.23. The van der Waals surface area contributed by atoms with E-state index in [0.717, 1.165) is 0 Å². The van der Waals surface area contributed by atoms with Crippen molar-refractivity contribution in [2.24, 2.45) is 0 Å². The van der Waals surface area contributed by atoms with Gasteiger partial charge in [-0.15, -0.1) is 0 Å². The molecule has 0 unspecified atom stereocenters. The van der Waals surface area contributed by atoms with Crippen LogP contribution in [0.4, 0.5) is 11.4 Å². The summed E-state index contributed by atoms with van der Waals surface area (Å²) in [5.74, 6) is -0.0813. The fourth-order valence-electron chi connectivity index (χ4n) is 1.15. The Morgan fingerprint density at radius 2 is 2.18 bits per heavy atom. The van der Waals surface area contributed by atoms with E-state index in [1.807, 2.05) is 6.92 Å². The van der Waals surface area contributed by atoms with Gasteiger partial charge in [-0.25, -0.2) is 8.42 Å². The Bertz CT molecular complexity index is 476. The molecule has 0 aliphatic carbocycles. The number of hydrogen-bond donors (Lipinski definition) is 2. The number of sulfonamides is 1. The molecule has 0 aliphatic rings. The van der Waals surface area contributed by atoms with E-state index in [1.165, 1.54) is 0 Å². The summed E-state index contributed by atoms with van der Waals surface area (Å²) in [6, 6.07) is 4.93. The van der Waals surface area contributed by atoms with Crippen LogP contribution in [0.1, 0.15) is 6.92 Å². The lowest BCUT2D eigenvalue weighted by Crippen LogP contribution is -2.20. The van der Waals surface area contributed by atoms with Crippen LogP contribution >= 0.6 is 15.9 Å². The van der Waals surface area contributed by atoms with Crippen LogP contribution in [0.2, 0.25) is 0 Å². The average molecular weight is 323 g/mol. The molecule has 17 heavy (non-hydrogen) atoms. The highest BCUT2D eigenvalue weighted by Gasteiger charge is 2.12. The minimum atomic E-state index is -3.41. The van der Waals surface area contributed by atoms with E-state index in [-0.39, 0.29) is 12.4 Å². The van der Waals surface area contributed by atoms with Crippen molar-refractivity contribution in [3.05, 3.63) is 22.7 Å². The van der Waals surface area contributed by atoms with Crippen molar-refractivity contribution in [3.8, 4) is 0 Å². The highest BCUT2D eigenvalue weighted by atomic mass is 79.9. The van der Waals surface area contributed by atoms with Gasteiger partial charge in [0, 0.05) is 16.8 Å². The second-order valence-electron chi connectivity index (χ2n) is 3.36. The zero-order valence-corrected chi connectivity index (χ0v) is 11.8. The highest BCUT2D eigenvalue weighted by molar-refractivity contribution is 9.10. The molecule has 96 valence electrons. The van der Waals surface area contributed by atoms with E-state index in [1.54, 1.807) is 18.2 Å². The lowest BCUT2D eigenvalue weighted by atomic mass is 10.3. The van der Waals surface area contributed by atoms with Gasteiger partial charge in [-0.2, -0.15) is 0 Å². The molecular weight excluding hydrogens is 308 g/mol. The molecule has 1 aromatic carbocycles. The lowest BCUT2D eigenvalue weighted by Gasteiger charge is -2.10. The van der Waals surface area contributed by atoms with Crippen molar-refractivity contribution in [1.29, 1.82) is 0 Å². The highest BCUT2D eigenvalue weighted by Crippen LogP contribution is 2.25. The molecule has 0 aliphatic heterocycles. The number of ether oxygens (including phenoxy) is 1. The van der Waals surface area contributed by atoms with E-state index < -0.39 is 10.0 Å². The van der Waals surface area contributed by atoms with E-state index >= 15 is 0 Å². The van der Waals surface area contributed by atoms with Crippen molar-refractivity contribution in [3.63, 3.8) is 0 Å². The Hall–Kier alpha value is -0.790. The van der Waals surface area contributed by atoms with Gasteiger partial charge in [-0.1, -0.05) is 0 Å². The van der Waals surface area contributed by atoms with Crippen molar-refractivity contribution in [2.45, 2.75) is 6.92 Å². The summed E-state index contributed by atoms with van der Waals surface area (Å²) in [5.41, 5.74) is 6.52. The fraction of sp³-hybridized carbons (Fsp3) is 0.400. The Morgan fingerprint density at radius 1 is 1.47 bits per heavy atom. The molecule has 3 N–H and O–H groups in total. The minimum absolute atomic E-state index is 0.0813. The van der Waals surface area contributed by atoms with Crippen LogP contribution in [0.5, 0.6) is 0 Å². The predicted octanol–water partition coefficient (Wildman–Crippen LogP) is 1.81. The summed E-state index contributed by atoms with van der Waals surface area (Å²) in [7, 11) is -3.41. The SMILES string of the molecule is CCOCCS(=O)(=O)Nc1cc(N)ccc1Br. The maximum atomic E-state index is 11.7. The molecule has 0 saturated carbocycles. The molecule has 0 heterocycles. The van der Waals surface area contributed by atoms with Gasteiger partial charge in [0.2, 0.25) is 10.0 Å². The molecule has 0 spiro atoms. The molecule has 1 rings (SSSR count). The third-order valence-electron chi connectivity index (χ3n) is 1.96. The molecular formula is C10H15BrN2O3S. The summed E-state index contributed by atoms with van der Waals surface area (Å²) in [6.45, 7) is 2.48. The normalized spacial score (nSPS) is 11.4. The van der Waals surface area contributed by atoms with Crippen LogP contribution in [-0.4, -0.2) is 27.4 Å². The van der Waals surface area contributed by atoms with Crippen LogP contribution in [0, 0.1) is 0 Å². The number of anilines is 2. The first-order valence-corrected chi connectivity index (χ1v) is 7.52. The molecule has 1 aromatic rings. The quantitative estimate of drug-likeness (QED) is 0.618. The van der Waals surface area contributed by atoms with Gasteiger partial charge in [-0.3, -0.25) is 4.72 Å². The van der Waals surface area contributed by atoms with Gasteiger partial charge in [0.25, 0.3) is 0 Å². The van der Waals surface area contributed by atoms with Crippen molar-refractivity contribution in [1.82, 2.24) is 0 Å². The number of rotatable bonds is 6. The topological polar surface area (TPSA) is 81.4 Å². The summed E-state index contributed by atoms with van der Waals surface area (Å²) >= 11 is 3.25. The second-order valence-corrected chi connectivity index (χ2v) is 6.05. The number of benzene rings is 1. The van der Waals surface area contributed by atoms with Crippen molar-refractivity contribution in [2.75, 3.05) is 29.4 Å². The Balaban J connectivity index is 2.72. The number of nitrogens with one attached hydrogen (secondary N) is 1. The zero-order valence-electron chi connectivity index (χ0n) is 9.44. The molecule has 7 heteroatoms. The number of halogens is 1. The molecule has 0 saturated heterocycles. The first-order valence-electron chi connectivity index (χ1n) is 5.08.